The minimum atomic E-state index is -0.361. The number of amides is 4. The second kappa shape index (κ2) is 4.52. The molecule has 122 valence electrons. The fourth-order valence-electron chi connectivity index (χ4n) is 5.13. The Morgan fingerprint density at radius 1 is 0.783 bits per heavy atom. The monoisotopic (exact) mass is 316 g/mol. The number of hydrogen-bond donors (Lipinski definition) is 0. The highest BCUT2D eigenvalue weighted by Gasteiger charge is 2.56. The van der Waals surface area contributed by atoms with E-state index >= 15 is 0 Å². The number of hydrogen-bond acceptors (Lipinski definition) is 4. The molecule has 2 heterocycles. The molecule has 2 aliphatic heterocycles. The van der Waals surface area contributed by atoms with Crippen LogP contribution in [0.3, 0.4) is 0 Å². The Hall–Kier alpha value is -1.98. The largest absolute Gasteiger partial charge is 0.285 e. The van der Waals surface area contributed by atoms with Gasteiger partial charge in [-0.3, -0.25) is 29.0 Å². The van der Waals surface area contributed by atoms with Crippen molar-refractivity contribution in [1.82, 2.24) is 9.80 Å². The molecule has 4 aliphatic rings. The Bertz CT molecular complexity index is 695. The Kier molecular flexibility index (Phi) is 2.87. The number of imide groups is 2. The fraction of sp³-hybridized carbons (Fsp3) is 0.647. The van der Waals surface area contributed by atoms with E-state index < -0.39 is 0 Å². The molecule has 2 saturated heterocycles. The molecule has 1 saturated carbocycles. The van der Waals surface area contributed by atoms with Crippen molar-refractivity contribution in [2.75, 3.05) is 14.1 Å². The van der Waals surface area contributed by atoms with Crippen LogP contribution in [0.1, 0.15) is 26.2 Å². The van der Waals surface area contributed by atoms with Gasteiger partial charge in [0.15, 0.2) is 0 Å². The average molecular weight is 316 g/mol. The van der Waals surface area contributed by atoms with Crippen molar-refractivity contribution in [3.63, 3.8) is 0 Å². The summed E-state index contributed by atoms with van der Waals surface area (Å²) in [6.45, 7) is 1.93. The third kappa shape index (κ3) is 1.69. The minimum absolute atomic E-state index is 0.0928. The van der Waals surface area contributed by atoms with Crippen molar-refractivity contribution in [2.24, 2.45) is 29.6 Å². The molecule has 0 aromatic rings. The lowest BCUT2D eigenvalue weighted by molar-refractivity contribution is -0.139. The molecule has 0 aromatic carbocycles. The Morgan fingerprint density at radius 2 is 1.30 bits per heavy atom. The number of rotatable bonds is 0. The van der Waals surface area contributed by atoms with Crippen LogP contribution in [-0.2, 0) is 19.2 Å². The number of allylic oxidation sites excluding steroid dienone is 1. The summed E-state index contributed by atoms with van der Waals surface area (Å²) < 4.78 is 0. The fourth-order valence-corrected chi connectivity index (χ4v) is 5.13. The summed E-state index contributed by atoms with van der Waals surface area (Å²) in [7, 11) is 3.09. The van der Waals surface area contributed by atoms with E-state index in [9.17, 15) is 19.2 Å². The first-order valence-electron chi connectivity index (χ1n) is 8.15. The number of nitrogens with zero attached hydrogens (tertiary/aromatic N) is 2. The van der Waals surface area contributed by atoms with Crippen molar-refractivity contribution in [3.05, 3.63) is 11.1 Å². The first kappa shape index (κ1) is 14.6. The lowest BCUT2D eigenvalue weighted by atomic mass is 9.62. The summed E-state index contributed by atoms with van der Waals surface area (Å²) in [6, 6.07) is 0. The van der Waals surface area contributed by atoms with E-state index in [0.29, 0.717) is 19.3 Å². The maximum absolute atomic E-state index is 12.4. The van der Waals surface area contributed by atoms with Gasteiger partial charge < -0.3 is 0 Å². The standard InChI is InChI=1S/C17H20N2O4/c1-7-9-6-11-10(14(20)18(2)15(11)21)4-8(9)5-12-13(7)17(23)19(3)16(12)22/h8,10-13H,4-6H2,1-3H3/t8-,10+,11-,12+,13-/m0/s1. The molecular formula is C17H20N2O4. The van der Waals surface area contributed by atoms with Gasteiger partial charge in [-0.15, -0.1) is 0 Å². The maximum Gasteiger partial charge on any atom is 0.236 e. The smallest absolute Gasteiger partial charge is 0.236 e. The van der Waals surface area contributed by atoms with E-state index in [1.54, 1.807) is 14.1 Å². The molecule has 4 rings (SSSR count). The summed E-state index contributed by atoms with van der Waals surface area (Å²) in [4.78, 5) is 51.7. The van der Waals surface area contributed by atoms with Crippen LogP contribution < -0.4 is 0 Å². The van der Waals surface area contributed by atoms with E-state index in [1.807, 2.05) is 6.92 Å². The molecule has 0 bridgehead atoms. The van der Waals surface area contributed by atoms with E-state index in [0.717, 1.165) is 11.1 Å². The Balaban J connectivity index is 1.74. The summed E-state index contributed by atoms with van der Waals surface area (Å²) in [6.07, 6.45) is 1.81. The third-order valence-corrected chi connectivity index (χ3v) is 6.41. The van der Waals surface area contributed by atoms with Crippen molar-refractivity contribution >= 4 is 23.6 Å². The molecule has 0 N–H and O–H groups in total. The number of fused-ring (bicyclic) bond motifs is 3. The van der Waals surface area contributed by atoms with Crippen LogP contribution in [0.4, 0.5) is 0 Å². The molecule has 0 radical (unpaired) electrons. The summed E-state index contributed by atoms with van der Waals surface area (Å²) in [5, 5.41) is 0. The summed E-state index contributed by atoms with van der Waals surface area (Å²) >= 11 is 0. The van der Waals surface area contributed by atoms with Crippen LogP contribution in [-0.4, -0.2) is 47.5 Å². The number of carbonyl (C=O) groups excluding carboxylic acids is 4. The Labute approximate surface area is 134 Å². The first-order valence-corrected chi connectivity index (χ1v) is 8.15. The lowest BCUT2D eigenvalue weighted by Crippen LogP contribution is -2.36. The summed E-state index contributed by atoms with van der Waals surface area (Å²) in [5.41, 5.74) is 2.10. The molecule has 0 spiro atoms. The van der Waals surface area contributed by atoms with Crippen molar-refractivity contribution in [3.8, 4) is 0 Å². The molecular weight excluding hydrogens is 296 g/mol. The zero-order chi connectivity index (χ0) is 16.6. The van der Waals surface area contributed by atoms with Crippen LogP contribution >= 0.6 is 0 Å². The van der Waals surface area contributed by atoms with E-state index in [-0.39, 0.29) is 53.2 Å². The van der Waals surface area contributed by atoms with Gasteiger partial charge in [-0.05, 0) is 32.1 Å². The SMILES string of the molecule is CC1=C2C[C@@H]3C(=O)N(C)C(=O)[C@@H]3C[C@H]2C[C@H]2C(=O)N(C)C(=O)[C@@H]12. The predicted octanol–water partition coefficient (Wildman–Crippen LogP) is 0.579. The molecule has 23 heavy (non-hydrogen) atoms. The van der Waals surface area contributed by atoms with Gasteiger partial charge in [0.25, 0.3) is 0 Å². The molecule has 5 atom stereocenters. The molecule has 6 nitrogen and oxygen atoms in total. The van der Waals surface area contributed by atoms with Gasteiger partial charge in [0.05, 0.1) is 23.7 Å². The highest BCUT2D eigenvalue weighted by Crippen LogP contribution is 2.52. The van der Waals surface area contributed by atoms with Gasteiger partial charge in [0, 0.05) is 14.1 Å². The van der Waals surface area contributed by atoms with Gasteiger partial charge in [-0.1, -0.05) is 11.1 Å². The number of carbonyl (C=O) groups is 4. The highest BCUT2D eigenvalue weighted by atomic mass is 16.2. The third-order valence-electron chi connectivity index (χ3n) is 6.41. The molecule has 2 aliphatic carbocycles. The van der Waals surface area contributed by atoms with Crippen LogP contribution in [0, 0.1) is 29.6 Å². The molecule has 0 unspecified atom stereocenters. The summed E-state index contributed by atoms with van der Waals surface area (Å²) in [5.74, 6) is -1.47. The quantitative estimate of drug-likeness (QED) is 0.484. The van der Waals surface area contributed by atoms with Crippen LogP contribution in [0.25, 0.3) is 0 Å². The van der Waals surface area contributed by atoms with E-state index in [2.05, 4.69) is 0 Å². The van der Waals surface area contributed by atoms with Crippen molar-refractivity contribution < 1.29 is 19.2 Å². The molecule has 3 fully saturated rings. The molecule has 4 amide bonds. The van der Waals surface area contributed by atoms with Crippen LogP contribution in [0.2, 0.25) is 0 Å². The van der Waals surface area contributed by atoms with Gasteiger partial charge >= 0.3 is 0 Å². The predicted molar refractivity (Wildman–Crippen MR) is 79.6 cm³/mol. The minimum Gasteiger partial charge on any atom is -0.285 e. The van der Waals surface area contributed by atoms with Crippen LogP contribution in [0.15, 0.2) is 11.1 Å². The Morgan fingerprint density at radius 3 is 2.00 bits per heavy atom. The van der Waals surface area contributed by atoms with Crippen molar-refractivity contribution in [1.29, 1.82) is 0 Å². The van der Waals surface area contributed by atoms with Gasteiger partial charge in [-0.25, -0.2) is 0 Å². The number of likely N-dealkylation sites (tertiary alicyclic amines) is 2. The zero-order valence-corrected chi connectivity index (χ0v) is 13.5. The van der Waals surface area contributed by atoms with Gasteiger partial charge in [0.1, 0.15) is 0 Å². The van der Waals surface area contributed by atoms with E-state index in [1.165, 1.54) is 9.80 Å². The molecule has 0 aromatic heterocycles. The zero-order valence-electron chi connectivity index (χ0n) is 13.5. The highest BCUT2D eigenvalue weighted by molar-refractivity contribution is 6.07. The maximum atomic E-state index is 12.4. The van der Waals surface area contributed by atoms with Gasteiger partial charge in [-0.2, -0.15) is 0 Å². The average Bonchev–Trinajstić information content (AvgIpc) is 2.88. The second-order valence-corrected chi connectivity index (χ2v) is 7.35. The van der Waals surface area contributed by atoms with E-state index in [4.69, 9.17) is 0 Å². The van der Waals surface area contributed by atoms with Crippen molar-refractivity contribution in [2.45, 2.75) is 26.2 Å². The second-order valence-electron chi connectivity index (χ2n) is 7.35. The topological polar surface area (TPSA) is 74.8 Å². The lowest BCUT2D eigenvalue weighted by Gasteiger charge is -2.39. The first-order chi connectivity index (χ1) is 10.8. The van der Waals surface area contributed by atoms with Crippen LogP contribution in [0.5, 0.6) is 0 Å². The normalized spacial score (nSPS) is 39.9. The van der Waals surface area contributed by atoms with Gasteiger partial charge in [0.2, 0.25) is 23.6 Å². The molecule has 6 heteroatoms.